The van der Waals surface area contributed by atoms with Gasteiger partial charge in [0.15, 0.2) is 0 Å². The maximum atomic E-state index is 10.2. The fraction of sp³-hybridized carbons (Fsp3) is 0.857. The maximum absolute atomic E-state index is 10.2. The van der Waals surface area contributed by atoms with E-state index in [1.54, 1.807) is 6.92 Å². The Bertz CT molecular complexity index is 135. The number of rotatable bonds is 5. The van der Waals surface area contributed by atoms with Crippen LogP contribution in [0.4, 0.5) is 4.79 Å². The van der Waals surface area contributed by atoms with Crippen molar-refractivity contribution in [1.29, 1.82) is 0 Å². The van der Waals surface area contributed by atoms with Crippen LogP contribution in [0.3, 0.4) is 0 Å². The van der Waals surface area contributed by atoms with Gasteiger partial charge in [0, 0.05) is 13.2 Å². The molecule has 0 rings (SSSR count). The quantitative estimate of drug-likeness (QED) is 0.554. The lowest BCUT2D eigenvalue weighted by Crippen LogP contribution is -2.35. The summed E-state index contributed by atoms with van der Waals surface area (Å²) in [5.41, 5.74) is 0. The van der Waals surface area contributed by atoms with E-state index in [0.29, 0.717) is 6.42 Å². The van der Waals surface area contributed by atoms with Crippen molar-refractivity contribution in [3.63, 3.8) is 0 Å². The number of amides is 1. The van der Waals surface area contributed by atoms with Crippen molar-refractivity contribution in [3.8, 4) is 0 Å². The molecule has 0 unspecified atom stereocenters. The lowest BCUT2D eigenvalue weighted by Gasteiger charge is -2.17. The number of nitrogens with one attached hydrogen (secondary N) is 1. The standard InChI is InChI=1S/C7H15NO4/c1-5(8-7(10)11)3-6(4-9)12-2/h5-6,8-9H,3-4H2,1-2H3,(H,10,11)/t5-,6-/m0/s1. The second-order valence-corrected chi connectivity index (χ2v) is 2.63. The molecule has 0 fully saturated rings. The van der Waals surface area contributed by atoms with Gasteiger partial charge in [-0.2, -0.15) is 0 Å². The third-order valence-corrected chi connectivity index (χ3v) is 1.52. The summed E-state index contributed by atoms with van der Waals surface area (Å²) in [6, 6.07) is -0.209. The molecule has 0 heterocycles. The van der Waals surface area contributed by atoms with Crippen LogP contribution >= 0.6 is 0 Å². The van der Waals surface area contributed by atoms with Gasteiger partial charge in [0.1, 0.15) is 0 Å². The number of aliphatic hydroxyl groups excluding tert-OH is 1. The van der Waals surface area contributed by atoms with Gasteiger partial charge in [-0.15, -0.1) is 0 Å². The fourth-order valence-electron chi connectivity index (χ4n) is 0.909. The Balaban J connectivity index is 3.65. The van der Waals surface area contributed by atoms with Crippen LogP contribution in [0, 0.1) is 0 Å². The van der Waals surface area contributed by atoms with Crippen molar-refractivity contribution in [3.05, 3.63) is 0 Å². The van der Waals surface area contributed by atoms with E-state index in [1.807, 2.05) is 0 Å². The van der Waals surface area contributed by atoms with Gasteiger partial charge in [-0.25, -0.2) is 4.79 Å². The SMILES string of the molecule is CO[C@H](CO)C[C@H](C)NC(=O)O. The summed E-state index contributed by atoms with van der Waals surface area (Å²) in [6.07, 6.45) is -0.888. The van der Waals surface area contributed by atoms with Gasteiger partial charge in [-0.1, -0.05) is 0 Å². The fourth-order valence-corrected chi connectivity index (χ4v) is 0.909. The zero-order valence-corrected chi connectivity index (χ0v) is 7.28. The van der Waals surface area contributed by atoms with Crippen molar-refractivity contribution in [2.75, 3.05) is 13.7 Å². The third kappa shape index (κ3) is 4.92. The van der Waals surface area contributed by atoms with Crippen molar-refractivity contribution in [1.82, 2.24) is 5.32 Å². The molecule has 0 saturated carbocycles. The highest BCUT2D eigenvalue weighted by Gasteiger charge is 2.12. The van der Waals surface area contributed by atoms with Crippen molar-refractivity contribution < 1.29 is 19.7 Å². The number of carboxylic acid groups (broad SMARTS) is 1. The minimum absolute atomic E-state index is 0.0951. The molecule has 0 saturated heterocycles. The second kappa shape index (κ2) is 5.79. The predicted molar refractivity (Wildman–Crippen MR) is 43.1 cm³/mol. The maximum Gasteiger partial charge on any atom is 0.404 e. The second-order valence-electron chi connectivity index (χ2n) is 2.63. The normalized spacial score (nSPS) is 15.2. The third-order valence-electron chi connectivity index (χ3n) is 1.52. The summed E-state index contributed by atoms with van der Waals surface area (Å²) in [6.45, 7) is 1.62. The molecule has 0 aliphatic rings. The van der Waals surface area contributed by atoms with Crippen LogP contribution < -0.4 is 5.32 Å². The molecule has 0 spiro atoms. The van der Waals surface area contributed by atoms with Crippen molar-refractivity contribution in [2.24, 2.45) is 0 Å². The van der Waals surface area contributed by atoms with Crippen LogP contribution in [0.2, 0.25) is 0 Å². The molecule has 3 N–H and O–H groups in total. The van der Waals surface area contributed by atoms with Gasteiger partial charge in [0.2, 0.25) is 0 Å². The molecule has 0 aromatic heterocycles. The van der Waals surface area contributed by atoms with E-state index in [4.69, 9.17) is 14.9 Å². The van der Waals surface area contributed by atoms with E-state index in [2.05, 4.69) is 5.32 Å². The molecule has 0 aliphatic carbocycles. The van der Waals surface area contributed by atoms with Crippen LogP contribution in [-0.4, -0.2) is 42.2 Å². The van der Waals surface area contributed by atoms with Crippen LogP contribution in [0.5, 0.6) is 0 Å². The highest BCUT2D eigenvalue weighted by Crippen LogP contribution is 2.00. The number of methoxy groups -OCH3 is 1. The first-order valence-electron chi connectivity index (χ1n) is 3.73. The number of hydrogen-bond acceptors (Lipinski definition) is 3. The van der Waals surface area contributed by atoms with E-state index in [0.717, 1.165) is 0 Å². The Hall–Kier alpha value is -0.810. The summed E-state index contributed by atoms with van der Waals surface area (Å²) in [5, 5.41) is 19.3. The Morgan fingerprint density at radius 3 is 2.58 bits per heavy atom. The zero-order chi connectivity index (χ0) is 9.56. The average molecular weight is 177 g/mol. The van der Waals surface area contributed by atoms with E-state index in [-0.39, 0.29) is 18.8 Å². The smallest absolute Gasteiger partial charge is 0.404 e. The molecule has 0 aromatic carbocycles. The Morgan fingerprint density at radius 2 is 2.25 bits per heavy atom. The van der Waals surface area contributed by atoms with Gasteiger partial charge in [0.25, 0.3) is 0 Å². The Morgan fingerprint density at radius 1 is 1.67 bits per heavy atom. The highest BCUT2D eigenvalue weighted by molar-refractivity contribution is 5.64. The molecule has 0 aliphatic heterocycles. The summed E-state index contributed by atoms with van der Waals surface area (Å²) in [5.74, 6) is 0. The number of ether oxygens (including phenoxy) is 1. The van der Waals surface area contributed by atoms with Gasteiger partial charge < -0.3 is 20.3 Å². The zero-order valence-electron chi connectivity index (χ0n) is 7.28. The van der Waals surface area contributed by atoms with E-state index >= 15 is 0 Å². The summed E-state index contributed by atoms with van der Waals surface area (Å²) in [7, 11) is 1.48. The minimum atomic E-state index is -1.06. The summed E-state index contributed by atoms with van der Waals surface area (Å²) in [4.78, 5) is 10.2. The molecule has 12 heavy (non-hydrogen) atoms. The van der Waals surface area contributed by atoms with Crippen LogP contribution in [0.25, 0.3) is 0 Å². The van der Waals surface area contributed by atoms with Gasteiger partial charge in [-0.05, 0) is 13.3 Å². The van der Waals surface area contributed by atoms with Crippen LogP contribution in [0.15, 0.2) is 0 Å². The molecule has 2 atom stereocenters. The molecular formula is C7H15NO4. The van der Waals surface area contributed by atoms with Gasteiger partial charge >= 0.3 is 6.09 Å². The van der Waals surface area contributed by atoms with Crippen LogP contribution in [0.1, 0.15) is 13.3 Å². The molecule has 5 nitrogen and oxygen atoms in total. The molecule has 0 bridgehead atoms. The first-order valence-corrected chi connectivity index (χ1v) is 3.73. The first kappa shape index (κ1) is 11.2. The van der Waals surface area contributed by atoms with Crippen molar-refractivity contribution in [2.45, 2.75) is 25.5 Å². The van der Waals surface area contributed by atoms with Gasteiger partial charge in [-0.3, -0.25) is 0 Å². The minimum Gasteiger partial charge on any atom is -0.465 e. The average Bonchev–Trinajstić information content (AvgIpc) is 1.98. The molecule has 1 amide bonds. The van der Waals surface area contributed by atoms with E-state index in [1.165, 1.54) is 7.11 Å². The number of hydrogen-bond donors (Lipinski definition) is 3. The monoisotopic (exact) mass is 177 g/mol. The molecule has 72 valence electrons. The molecule has 5 heteroatoms. The summed E-state index contributed by atoms with van der Waals surface area (Å²) >= 11 is 0. The first-order chi connectivity index (χ1) is 5.60. The van der Waals surface area contributed by atoms with Gasteiger partial charge in [0.05, 0.1) is 12.7 Å². The lowest BCUT2D eigenvalue weighted by atomic mass is 10.1. The Labute approximate surface area is 71.3 Å². The number of carbonyl (C=O) groups is 1. The topological polar surface area (TPSA) is 78.8 Å². The highest BCUT2D eigenvalue weighted by atomic mass is 16.5. The Kier molecular flexibility index (Phi) is 5.40. The lowest BCUT2D eigenvalue weighted by molar-refractivity contribution is 0.0374. The largest absolute Gasteiger partial charge is 0.465 e. The van der Waals surface area contributed by atoms with Crippen molar-refractivity contribution >= 4 is 6.09 Å². The molecule has 0 radical (unpaired) electrons. The molecular weight excluding hydrogens is 162 g/mol. The predicted octanol–water partition coefficient (Wildman–Crippen LogP) is 0.0399. The molecule has 0 aromatic rings. The van der Waals surface area contributed by atoms with E-state index in [9.17, 15) is 4.79 Å². The number of aliphatic hydroxyl groups is 1. The van der Waals surface area contributed by atoms with Crippen LogP contribution in [-0.2, 0) is 4.74 Å². The summed E-state index contributed by atoms with van der Waals surface area (Å²) < 4.78 is 4.87. The van der Waals surface area contributed by atoms with E-state index < -0.39 is 6.09 Å².